The van der Waals surface area contributed by atoms with Crippen LogP contribution in [0, 0.1) is 5.92 Å². The van der Waals surface area contributed by atoms with Gasteiger partial charge < -0.3 is 10.0 Å². The van der Waals surface area contributed by atoms with Crippen LogP contribution in [-0.4, -0.2) is 36.8 Å². The van der Waals surface area contributed by atoms with E-state index in [4.69, 9.17) is 5.11 Å². The third-order valence-corrected chi connectivity index (χ3v) is 4.46. The number of aliphatic hydroxyl groups is 1. The summed E-state index contributed by atoms with van der Waals surface area (Å²) in [6.45, 7) is 4.47. The van der Waals surface area contributed by atoms with Crippen molar-refractivity contribution in [3.63, 3.8) is 0 Å². The van der Waals surface area contributed by atoms with Gasteiger partial charge in [-0.15, -0.1) is 11.3 Å². The zero-order chi connectivity index (χ0) is 12.0. The second-order valence-corrected chi connectivity index (χ2v) is 6.72. The smallest absolute Gasteiger partial charge is 0.0701 e. The molecule has 1 aromatic heterocycles. The molecule has 92 valence electrons. The maximum Gasteiger partial charge on any atom is 0.0701 e. The minimum Gasteiger partial charge on any atom is -0.396 e. The highest BCUT2D eigenvalue weighted by atomic mass is 79.9. The van der Waals surface area contributed by atoms with Crippen molar-refractivity contribution in [1.82, 2.24) is 4.90 Å². The second kappa shape index (κ2) is 7.43. The lowest BCUT2D eigenvalue weighted by Gasteiger charge is -2.21. The highest BCUT2D eigenvalue weighted by Gasteiger charge is 2.08. The summed E-state index contributed by atoms with van der Waals surface area (Å²) >= 11 is 5.27. The number of halogens is 1. The summed E-state index contributed by atoms with van der Waals surface area (Å²) in [6.07, 6.45) is 2.14. The molecule has 0 spiro atoms. The Morgan fingerprint density at radius 2 is 2.25 bits per heavy atom. The average Bonchev–Trinajstić information content (AvgIpc) is 2.69. The number of nitrogens with zero attached hydrogens (tertiary/aromatic N) is 1. The lowest BCUT2D eigenvalue weighted by molar-refractivity contribution is 0.177. The first-order valence-electron chi connectivity index (χ1n) is 5.69. The molecule has 4 heteroatoms. The van der Waals surface area contributed by atoms with E-state index in [1.54, 1.807) is 11.3 Å². The van der Waals surface area contributed by atoms with E-state index in [0.29, 0.717) is 12.5 Å². The Balaban J connectivity index is 2.26. The van der Waals surface area contributed by atoms with Crippen molar-refractivity contribution in [3.05, 3.63) is 20.8 Å². The van der Waals surface area contributed by atoms with Gasteiger partial charge in [-0.1, -0.05) is 6.92 Å². The quantitative estimate of drug-likeness (QED) is 0.837. The predicted molar refractivity (Wildman–Crippen MR) is 74.1 cm³/mol. The van der Waals surface area contributed by atoms with Crippen LogP contribution < -0.4 is 0 Å². The van der Waals surface area contributed by atoms with Crippen LogP contribution in [0.4, 0.5) is 0 Å². The monoisotopic (exact) mass is 305 g/mol. The summed E-state index contributed by atoms with van der Waals surface area (Å²) < 4.78 is 1.20. The largest absolute Gasteiger partial charge is 0.396 e. The van der Waals surface area contributed by atoms with Gasteiger partial charge in [-0.2, -0.15) is 0 Å². The molecule has 0 aliphatic carbocycles. The molecule has 0 aliphatic heterocycles. The molecule has 0 radical (unpaired) electrons. The second-order valence-electron chi connectivity index (χ2n) is 4.17. The Hall–Kier alpha value is 0.1000. The number of likely N-dealkylation sites (N-methyl/N-ethyl adjacent to an activating group) is 1. The highest BCUT2D eigenvalue weighted by molar-refractivity contribution is 9.11. The zero-order valence-corrected chi connectivity index (χ0v) is 12.4. The Bertz CT molecular complexity index is 299. The van der Waals surface area contributed by atoms with Crippen LogP contribution in [0.2, 0.25) is 0 Å². The molecule has 1 unspecified atom stereocenters. The van der Waals surface area contributed by atoms with Crippen LogP contribution >= 0.6 is 27.3 Å². The van der Waals surface area contributed by atoms with Crippen LogP contribution in [0.1, 0.15) is 18.2 Å². The molecule has 1 aromatic rings. The molecule has 0 fully saturated rings. The van der Waals surface area contributed by atoms with Gasteiger partial charge in [-0.3, -0.25) is 0 Å². The minimum absolute atomic E-state index is 0.297. The van der Waals surface area contributed by atoms with Crippen molar-refractivity contribution in [1.29, 1.82) is 0 Å². The van der Waals surface area contributed by atoms with E-state index in [0.717, 1.165) is 25.9 Å². The van der Waals surface area contributed by atoms with Gasteiger partial charge >= 0.3 is 0 Å². The minimum atomic E-state index is 0.297. The SMILES string of the molecule is CCC(CO)CN(C)CCc1ccc(Br)s1. The normalized spacial score (nSPS) is 13.3. The van der Waals surface area contributed by atoms with Gasteiger partial charge in [0.25, 0.3) is 0 Å². The van der Waals surface area contributed by atoms with Crippen LogP contribution in [0.15, 0.2) is 15.9 Å². The summed E-state index contributed by atoms with van der Waals surface area (Å²) in [5, 5.41) is 9.13. The van der Waals surface area contributed by atoms with Gasteiger partial charge in [0.1, 0.15) is 0 Å². The van der Waals surface area contributed by atoms with Crippen molar-refractivity contribution >= 4 is 27.3 Å². The lowest BCUT2D eigenvalue weighted by Crippen LogP contribution is -2.29. The van der Waals surface area contributed by atoms with Crippen molar-refractivity contribution in [2.45, 2.75) is 19.8 Å². The molecular weight excluding hydrogens is 286 g/mol. The molecule has 2 nitrogen and oxygen atoms in total. The third kappa shape index (κ3) is 4.95. The third-order valence-electron chi connectivity index (χ3n) is 2.77. The first-order valence-corrected chi connectivity index (χ1v) is 7.30. The Morgan fingerprint density at radius 1 is 1.50 bits per heavy atom. The molecular formula is C12H20BrNOS. The molecule has 1 heterocycles. The number of thiophene rings is 1. The Kier molecular flexibility index (Phi) is 6.58. The topological polar surface area (TPSA) is 23.5 Å². The predicted octanol–water partition coefficient (Wildman–Crippen LogP) is 3.00. The van der Waals surface area contributed by atoms with E-state index in [1.165, 1.54) is 8.66 Å². The van der Waals surface area contributed by atoms with Gasteiger partial charge in [0.2, 0.25) is 0 Å². The van der Waals surface area contributed by atoms with Gasteiger partial charge in [-0.25, -0.2) is 0 Å². The summed E-state index contributed by atoms with van der Waals surface area (Å²) in [5.74, 6) is 0.417. The van der Waals surface area contributed by atoms with Crippen LogP contribution in [0.3, 0.4) is 0 Å². The summed E-state index contributed by atoms with van der Waals surface area (Å²) in [6, 6.07) is 4.27. The molecule has 1 rings (SSSR count). The molecule has 0 saturated carbocycles. The van der Waals surface area contributed by atoms with Crippen LogP contribution in [-0.2, 0) is 6.42 Å². The zero-order valence-electron chi connectivity index (χ0n) is 9.95. The number of hydrogen-bond donors (Lipinski definition) is 1. The number of rotatable bonds is 7. The first-order chi connectivity index (χ1) is 7.65. The van der Waals surface area contributed by atoms with Crippen molar-refractivity contribution in [2.24, 2.45) is 5.92 Å². The van der Waals surface area contributed by atoms with E-state index in [2.05, 4.69) is 46.9 Å². The lowest BCUT2D eigenvalue weighted by atomic mass is 10.1. The maximum atomic E-state index is 9.13. The molecule has 16 heavy (non-hydrogen) atoms. The van der Waals surface area contributed by atoms with E-state index in [1.807, 2.05) is 0 Å². The van der Waals surface area contributed by atoms with Gasteiger partial charge in [0, 0.05) is 24.6 Å². The molecule has 1 N–H and O–H groups in total. The summed E-state index contributed by atoms with van der Waals surface area (Å²) in [7, 11) is 2.13. The fourth-order valence-electron chi connectivity index (χ4n) is 1.64. The first kappa shape index (κ1) is 14.2. The standard InChI is InChI=1S/C12H20BrNOS/c1-3-10(9-15)8-14(2)7-6-11-4-5-12(13)16-11/h4-5,10,15H,3,6-9H2,1-2H3. The van der Waals surface area contributed by atoms with E-state index in [-0.39, 0.29) is 0 Å². The molecule has 0 saturated heterocycles. The maximum absolute atomic E-state index is 9.13. The van der Waals surface area contributed by atoms with Gasteiger partial charge in [0.05, 0.1) is 3.79 Å². The van der Waals surface area contributed by atoms with Crippen molar-refractivity contribution in [2.75, 3.05) is 26.7 Å². The van der Waals surface area contributed by atoms with Gasteiger partial charge in [0.15, 0.2) is 0 Å². The number of hydrogen-bond acceptors (Lipinski definition) is 3. The fourth-order valence-corrected chi connectivity index (χ4v) is 3.11. The van der Waals surface area contributed by atoms with Crippen molar-refractivity contribution < 1.29 is 5.11 Å². The van der Waals surface area contributed by atoms with Crippen molar-refractivity contribution in [3.8, 4) is 0 Å². The van der Waals surface area contributed by atoms with E-state index in [9.17, 15) is 0 Å². The van der Waals surface area contributed by atoms with E-state index >= 15 is 0 Å². The summed E-state index contributed by atoms with van der Waals surface area (Å²) in [4.78, 5) is 3.72. The molecule has 0 bridgehead atoms. The molecule has 0 aromatic carbocycles. The molecule has 1 atom stereocenters. The van der Waals surface area contributed by atoms with Gasteiger partial charge in [-0.05, 0) is 53.9 Å². The fraction of sp³-hybridized carbons (Fsp3) is 0.667. The average molecular weight is 306 g/mol. The van der Waals surface area contributed by atoms with Crippen LogP contribution in [0.25, 0.3) is 0 Å². The molecule has 0 amide bonds. The Labute approximate surface area is 110 Å². The van der Waals surface area contributed by atoms with E-state index < -0.39 is 0 Å². The van der Waals surface area contributed by atoms with Crippen LogP contribution in [0.5, 0.6) is 0 Å². The summed E-state index contributed by atoms with van der Waals surface area (Å²) in [5.41, 5.74) is 0. The number of aliphatic hydroxyl groups excluding tert-OH is 1. The highest BCUT2D eigenvalue weighted by Crippen LogP contribution is 2.22. The Morgan fingerprint density at radius 3 is 2.75 bits per heavy atom. The molecule has 0 aliphatic rings.